The van der Waals surface area contributed by atoms with Gasteiger partial charge in [0, 0.05) is 11.4 Å². The third kappa shape index (κ3) is 2.66. The van der Waals surface area contributed by atoms with Gasteiger partial charge in [-0.2, -0.15) is 0 Å². The first-order valence-corrected chi connectivity index (χ1v) is 3.94. The van der Waals surface area contributed by atoms with Crippen LogP contribution in [0.25, 0.3) is 0 Å². The number of anilines is 2. The molecule has 4 N–H and O–H groups in total. The highest BCUT2D eigenvalue weighted by molar-refractivity contribution is 5.76. The van der Waals surface area contributed by atoms with Gasteiger partial charge in [0.25, 0.3) is 0 Å². The molecule has 0 radical (unpaired) electrons. The highest BCUT2D eigenvalue weighted by Gasteiger charge is 2.09. The maximum atomic E-state index is 10.5. The second-order valence-corrected chi connectivity index (χ2v) is 2.83. The molecule has 0 heterocycles. The van der Waals surface area contributed by atoms with E-state index >= 15 is 0 Å². The average molecular weight is 180 g/mol. The monoisotopic (exact) mass is 180 g/mol. The zero-order valence-electron chi connectivity index (χ0n) is 7.32. The van der Waals surface area contributed by atoms with Crippen LogP contribution in [0.5, 0.6) is 0 Å². The van der Waals surface area contributed by atoms with Crippen LogP contribution < -0.4 is 11.1 Å². The highest BCUT2D eigenvalue weighted by Crippen LogP contribution is 2.11. The van der Waals surface area contributed by atoms with Crippen molar-refractivity contribution in [1.82, 2.24) is 0 Å². The summed E-state index contributed by atoms with van der Waals surface area (Å²) in [6.07, 6.45) is 0. The molecule has 0 saturated carbocycles. The van der Waals surface area contributed by atoms with Gasteiger partial charge < -0.3 is 16.2 Å². The van der Waals surface area contributed by atoms with Crippen molar-refractivity contribution in [2.75, 3.05) is 11.1 Å². The fourth-order valence-corrected chi connectivity index (χ4v) is 0.891. The summed E-state index contributed by atoms with van der Waals surface area (Å²) in [5.41, 5.74) is 6.89. The summed E-state index contributed by atoms with van der Waals surface area (Å²) in [6, 6.07) is 6.33. The van der Waals surface area contributed by atoms with Crippen molar-refractivity contribution in [3.8, 4) is 0 Å². The average Bonchev–Trinajstić information content (AvgIpc) is 2.08. The molecular weight excluding hydrogens is 168 g/mol. The number of hydrogen-bond donors (Lipinski definition) is 3. The van der Waals surface area contributed by atoms with E-state index in [9.17, 15) is 4.79 Å². The summed E-state index contributed by atoms with van der Waals surface area (Å²) in [7, 11) is 0. The summed E-state index contributed by atoms with van der Waals surface area (Å²) in [5.74, 6) is -0.878. The van der Waals surface area contributed by atoms with Crippen LogP contribution >= 0.6 is 0 Å². The number of rotatable bonds is 3. The molecule has 0 aliphatic heterocycles. The molecule has 4 nitrogen and oxygen atoms in total. The summed E-state index contributed by atoms with van der Waals surface area (Å²) >= 11 is 0. The first-order chi connectivity index (χ1) is 6.09. The molecule has 0 bridgehead atoms. The van der Waals surface area contributed by atoms with Gasteiger partial charge in [-0.3, -0.25) is 4.79 Å². The summed E-state index contributed by atoms with van der Waals surface area (Å²) in [5, 5.41) is 11.4. The van der Waals surface area contributed by atoms with Crippen LogP contribution in [0.2, 0.25) is 0 Å². The Labute approximate surface area is 76.4 Å². The van der Waals surface area contributed by atoms with Gasteiger partial charge in [0.2, 0.25) is 0 Å². The van der Waals surface area contributed by atoms with E-state index in [-0.39, 0.29) is 0 Å². The lowest BCUT2D eigenvalue weighted by Crippen LogP contribution is -2.25. The quantitative estimate of drug-likeness (QED) is 0.610. The number of carboxylic acid groups (broad SMARTS) is 1. The lowest BCUT2D eigenvalue weighted by Gasteiger charge is -2.10. The molecule has 1 atom stereocenters. The number of hydrogen-bond acceptors (Lipinski definition) is 3. The second kappa shape index (κ2) is 3.80. The van der Waals surface area contributed by atoms with Crippen LogP contribution in [0.15, 0.2) is 24.3 Å². The number of nitrogens with two attached hydrogens (primary N) is 1. The van der Waals surface area contributed by atoms with Crippen LogP contribution in [0, 0.1) is 0 Å². The van der Waals surface area contributed by atoms with Gasteiger partial charge >= 0.3 is 5.97 Å². The first-order valence-electron chi connectivity index (χ1n) is 3.94. The zero-order chi connectivity index (χ0) is 9.84. The van der Waals surface area contributed by atoms with Crippen LogP contribution in [0.1, 0.15) is 6.92 Å². The predicted octanol–water partition coefficient (Wildman–Crippen LogP) is 1.15. The molecule has 0 fully saturated rings. The minimum absolute atomic E-state index is 0.594. The lowest BCUT2D eigenvalue weighted by atomic mass is 10.2. The Morgan fingerprint density at radius 2 is 2.00 bits per heavy atom. The number of nitrogens with one attached hydrogen (secondary N) is 1. The van der Waals surface area contributed by atoms with Crippen molar-refractivity contribution in [2.24, 2.45) is 0 Å². The van der Waals surface area contributed by atoms with E-state index in [1.54, 1.807) is 31.2 Å². The number of nitrogen functional groups attached to an aromatic ring is 1. The highest BCUT2D eigenvalue weighted by atomic mass is 16.4. The topological polar surface area (TPSA) is 75.3 Å². The van der Waals surface area contributed by atoms with E-state index in [0.717, 1.165) is 5.69 Å². The summed E-state index contributed by atoms with van der Waals surface area (Å²) in [4.78, 5) is 10.5. The van der Waals surface area contributed by atoms with E-state index in [4.69, 9.17) is 10.8 Å². The van der Waals surface area contributed by atoms with E-state index < -0.39 is 12.0 Å². The van der Waals surface area contributed by atoms with Gasteiger partial charge in [-0.05, 0) is 31.2 Å². The van der Waals surface area contributed by atoms with E-state index in [2.05, 4.69) is 5.32 Å². The van der Waals surface area contributed by atoms with Crippen molar-refractivity contribution in [3.05, 3.63) is 24.3 Å². The number of carboxylic acids is 1. The molecule has 0 aromatic heterocycles. The lowest BCUT2D eigenvalue weighted by molar-refractivity contribution is -0.137. The second-order valence-electron chi connectivity index (χ2n) is 2.83. The van der Waals surface area contributed by atoms with E-state index in [0.29, 0.717) is 5.69 Å². The Balaban J connectivity index is 2.64. The Kier molecular flexibility index (Phi) is 2.74. The van der Waals surface area contributed by atoms with E-state index in [1.807, 2.05) is 0 Å². The Morgan fingerprint density at radius 3 is 2.46 bits per heavy atom. The van der Waals surface area contributed by atoms with Crippen molar-refractivity contribution >= 4 is 17.3 Å². The smallest absolute Gasteiger partial charge is 0.325 e. The number of benzene rings is 1. The minimum atomic E-state index is -0.878. The SMILES string of the molecule is C[C@@H](Nc1ccc(N)cc1)C(=O)O. The predicted molar refractivity (Wildman–Crippen MR) is 51.6 cm³/mol. The molecule has 4 heteroatoms. The summed E-state index contributed by atoms with van der Waals surface area (Å²) < 4.78 is 0. The van der Waals surface area contributed by atoms with Crippen molar-refractivity contribution in [3.63, 3.8) is 0 Å². The Bertz CT molecular complexity index is 295. The van der Waals surface area contributed by atoms with Gasteiger partial charge in [-0.25, -0.2) is 0 Å². The molecule has 0 aliphatic carbocycles. The fraction of sp³-hybridized carbons (Fsp3) is 0.222. The zero-order valence-corrected chi connectivity index (χ0v) is 7.32. The number of carbonyl (C=O) groups is 1. The molecule has 1 aromatic rings. The summed E-state index contributed by atoms with van der Waals surface area (Å²) in [6.45, 7) is 1.58. The van der Waals surface area contributed by atoms with Gasteiger partial charge in [0.15, 0.2) is 0 Å². The van der Waals surface area contributed by atoms with Gasteiger partial charge in [-0.15, -0.1) is 0 Å². The molecule has 0 saturated heterocycles. The van der Waals surface area contributed by atoms with E-state index in [1.165, 1.54) is 0 Å². The largest absolute Gasteiger partial charge is 0.480 e. The van der Waals surface area contributed by atoms with Crippen molar-refractivity contribution in [2.45, 2.75) is 13.0 Å². The third-order valence-electron chi connectivity index (χ3n) is 1.66. The van der Waals surface area contributed by atoms with Gasteiger partial charge in [-0.1, -0.05) is 0 Å². The molecule has 0 spiro atoms. The number of aliphatic carboxylic acids is 1. The van der Waals surface area contributed by atoms with Crippen molar-refractivity contribution < 1.29 is 9.90 Å². The maximum Gasteiger partial charge on any atom is 0.325 e. The van der Waals surface area contributed by atoms with Crippen LogP contribution in [0.4, 0.5) is 11.4 Å². The van der Waals surface area contributed by atoms with Gasteiger partial charge in [0.1, 0.15) is 6.04 Å². The first kappa shape index (κ1) is 9.38. The van der Waals surface area contributed by atoms with Crippen LogP contribution in [-0.2, 0) is 4.79 Å². The van der Waals surface area contributed by atoms with Crippen LogP contribution in [0.3, 0.4) is 0 Å². The molecule has 1 rings (SSSR count). The fourth-order valence-electron chi connectivity index (χ4n) is 0.891. The Morgan fingerprint density at radius 1 is 1.46 bits per heavy atom. The molecule has 1 aromatic carbocycles. The van der Waals surface area contributed by atoms with Crippen LogP contribution in [-0.4, -0.2) is 17.1 Å². The van der Waals surface area contributed by atoms with Crippen molar-refractivity contribution in [1.29, 1.82) is 0 Å². The third-order valence-corrected chi connectivity index (χ3v) is 1.66. The standard InChI is InChI=1S/C9H12N2O2/c1-6(9(12)13)11-8-4-2-7(10)3-5-8/h2-6,11H,10H2,1H3,(H,12,13)/t6-/m1/s1. The molecule has 13 heavy (non-hydrogen) atoms. The maximum absolute atomic E-state index is 10.5. The normalized spacial score (nSPS) is 12.1. The molecule has 0 unspecified atom stereocenters. The molecule has 0 aliphatic rings. The molecule has 0 amide bonds. The minimum Gasteiger partial charge on any atom is -0.480 e. The Hall–Kier alpha value is -1.71. The van der Waals surface area contributed by atoms with Gasteiger partial charge in [0.05, 0.1) is 0 Å². The molecule has 70 valence electrons. The molecular formula is C9H12N2O2.